The summed E-state index contributed by atoms with van der Waals surface area (Å²) < 4.78 is 30.8. The number of allylic oxidation sites excluding steroid dienone is 5. The maximum absolute atomic E-state index is 13.6. The fourth-order valence-electron chi connectivity index (χ4n) is 11.3. The minimum Gasteiger partial charge on any atom is -0.456 e. The number of likely N-dealkylation sites (N-methyl/N-ethyl adjacent to an activating group) is 1. The summed E-state index contributed by atoms with van der Waals surface area (Å²) in [6.07, 6.45) is 81.7. The minimum atomic E-state index is -4.45. The Bertz CT molecular complexity index is 1550. The van der Waals surface area contributed by atoms with Crippen LogP contribution >= 0.6 is 7.82 Å². The lowest BCUT2D eigenvalue weighted by molar-refractivity contribution is -0.870. The molecule has 0 aromatic heterocycles. The van der Waals surface area contributed by atoms with Crippen LogP contribution in [0.25, 0.3) is 0 Å². The number of hydrogen-bond acceptors (Lipinski definition) is 6. The van der Waals surface area contributed by atoms with Crippen LogP contribution in [0.2, 0.25) is 0 Å². The molecule has 0 heterocycles. The zero-order chi connectivity index (χ0) is 62.1. The summed E-state index contributed by atoms with van der Waals surface area (Å²) >= 11 is 0. The number of carbonyl (C=O) groups is 2. The van der Waals surface area contributed by atoms with Crippen LogP contribution in [0.3, 0.4) is 0 Å². The Kier molecular flexibility index (Phi) is 63.8. The SMILES string of the molecule is CCCCC/C=C\C/C=C\CCCCCCCCCCCCCC(=O)NC(COP(=O)(O)OCC[N+](C)(C)C)C(/C=C\CCCCCCCCCCC)OC(=O)CCCCCCCCCCCCCCCCCCCCCCCCCCCCC. The molecular formula is C75H146N2O7P+. The van der Waals surface area contributed by atoms with Gasteiger partial charge in [-0.25, -0.2) is 4.57 Å². The first-order valence-corrected chi connectivity index (χ1v) is 38.8. The maximum Gasteiger partial charge on any atom is 0.472 e. The lowest BCUT2D eigenvalue weighted by Crippen LogP contribution is -2.47. The third-order valence-corrected chi connectivity index (χ3v) is 18.1. The van der Waals surface area contributed by atoms with Crippen LogP contribution < -0.4 is 5.32 Å². The van der Waals surface area contributed by atoms with Gasteiger partial charge in [-0.2, -0.15) is 0 Å². The Morgan fingerprint density at radius 3 is 1.08 bits per heavy atom. The van der Waals surface area contributed by atoms with Crippen LogP contribution in [-0.4, -0.2) is 74.3 Å². The number of unbranched alkanes of at least 4 members (excludes halogenated alkanes) is 49. The van der Waals surface area contributed by atoms with Crippen molar-refractivity contribution in [3.8, 4) is 0 Å². The molecule has 9 nitrogen and oxygen atoms in total. The molecule has 0 bridgehead atoms. The van der Waals surface area contributed by atoms with E-state index in [1.54, 1.807) is 0 Å². The van der Waals surface area contributed by atoms with Gasteiger partial charge in [-0.15, -0.1) is 0 Å². The van der Waals surface area contributed by atoms with Gasteiger partial charge in [0.15, 0.2) is 0 Å². The van der Waals surface area contributed by atoms with Crippen LogP contribution in [0.1, 0.15) is 380 Å². The number of nitrogens with zero attached hydrogens (tertiary/aromatic N) is 1. The van der Waals surface area contributed by atoms with E-state index in [1.165, 1.54) is 283 Å². The van der Waals surface area contributed by atoms with Crippen LogP contribution in [-0.2, 0) is 27.9 Å². The highest BCUT2D eigenvalue weighted by atomic mass is 31.2. The average molecular weight is 1220 g/mol. The Labute approximate surface area is 529 Å². The first-order valence-electron chi connectivity index (χ1n) is 37.3. The molecule has 0 aliphatic rings. The van der Waals surface area contributed by atoms with Crippen LogP contribution in [0.15, 0.2) is 36.5 Å². The summed E-state index contributed by atoms with van der Waals surface area (Å²) in [6, 6.07) is -0.846. The molecule has 0 spiro atoms. The Morgan fingerprint density at radius 2 is 0.718 bits per heavy atom. The van der Waals surface area contributed by atoms with Crippen molar-refractivity contribution < 1.29 is 37.3 Å². The first-order chi connectivity index (χ1) is 41.4. The molecule has 0 aromatic rings. The van der Waals surface area contributed by atoms with E-state index in [9.17, 15) is 19.0 Å². The second kappa shape index (κ2) is 65.2. The van der Waals surface area contributed by atoms with Gasteiger partial charge < -0.3 is 19.4 Å². The number of rotatable bonds is 69. The van der Waals surface area contributed by atoms with Crippen LogP contribution in [0, 0.1) is 0 Å². The largest absolute Gasteiger partial charge is 0.472 e. The molecular weight excluding hydrogens is 1070 g/mol. The van der Waals surface area contributed by atoms with Crippen molar-refractivity contribution in [2.24, 2.45) is 0 Å². The Balaban J connectivity index is 4.91. The summed E-state index contributed by atoms with van der Waals surface area (Å²) in [6.45, 7) is 7.05. The Morgan fingerprint density at radius 1 is 0.412 bits per heavy atom. The zero-order valence-electron chi connectivity index (χ0n) is 57.6. The van der Waals surface area contributed by atoms with Gasteiger partial charge >= 0.3 is 13.8 Å². The summed E-state index contributed by atoms with van der Waals surface area (Å²) in [5.41, 5.74) is 0. The summed E-state index contributed by atoms with van der Waals surface area (Å²) in [7, 11) is 1.51. The third kappa shape index (κ3) is 66.5. The number of phosphoric ester groups is 1. The molecule has 85 heavy (non-hydrogen) atoms. The molecule has 502 valence electrons. The molecule has 0 fully saturated rings. The lowest BCUT2D eigenvalue weighted by atomic mass is 10.0. The summed E-state index contributed by atoms with van der Waals surface area (Å²) in [5, 5.41) is 3.08. The number of amides is 1. The third-order valence-electron chi connectivity index (χ3n) is 17.1. The highest BCUT2D eigenvalue weighted by Gasteiger charge is 2.30. The molecule has 0 saturated heterocycles. The van der Waals surface area contributed by atoms with Crippen molar-refractivity contribution in [3.05, 3.63) is 36.5 Å². The normalized spacial score (nSPS) is 13.6. The van der Waals surface area contributed by atoms with Crippen molar-refractivity contribution in [1.82, 2.24) is 5.32 Å². The highest BCUT2D eigenvalue weighted by Crippen LogP contribution is 2.43. The number of quaternary nitrogens is 1. The maximum atomic E-state index is 13.6. The quantitative estimate of drug-likeness (QED) is 0.0205. The first kappa shape index (κ1) is 83.2. The molecule has 0 aliphatic heterocycles. The van der Waals surface area contributed by atoms with Crippen LogP contribution in [0.4, 0.5) is 0 Å². The molecule has 3 atom stereocenters. The number of esters is 1. The van der Waals surface area contributed by atoms with E-state index in [0.717, 1.165) is 64.2 Å². The Hall–Kier alpha value is -1.77. The molecule has 10 heteroatoms. The van der Waals surface area contributed by atoms with Gasteiger partial charge in [0, 0.05) is 12.8 Å². The second-order valence-corrected chi connectivity index (χ2v) is 28.3. The van der Waals surface area contributed by atoms with Crippen LogP contribution in [0.5, 0.6) is 0 Å². The molecule has 1 amide bonds. The fraction of sp³-hybridized carbons (Fsp3) is 0.893. The van der Waals surface area contributed by atoms with Gasteiger partial charge in [-0.05, 0) is 63.9 Å². The van der Waals surface area contributed by atoms with Crippen molar-refractivity contribution in [1.29, 1.82) is 0 Å². The molecule has 3 unspecified atom stereocenters. The molecule has 0 aliphatic carbocycles. The average Bonchev–Trinajstić information content (AvgIpc) is 3.57. The van der Waals surface area contributed by atoms with Crippen molar-refractivity contribution in [3.63, 3.8) is 0 Å². The van der Waals surface area contributed by atoms with Crippen molar-refractivity contribution in [2.75, 3.05) is 40.9 Å². The number of phosphoric acid groups is 1. The monoisotopic (exact) mass is 1220 g/mol. The van der Waals surface area contributed by atoms with Gasteiger partial charge in [0.2, 0.25) is 5.91 Å². The fourth-order valence-corrected chi connectivity index (χ4v) is 12.1. The van der Waals surface area contributed by atoms with Gasteiger partial charge in [0.05, 0.1) is 33.8 Å². The van der Waals surface area contributed by atoms with E-state index < -0.39 is 20.0 Å². The topological polar surface area (TPSA) is 111 Å². The number of hydrogen-bond donors (Lipinski definition) is 2. The van der Waals surface area contributed by atoms with E-state index in [1.807, 2.05) is 33.3 Å². The zero-order valence-corrected chi connectivity index (χ0v) is 58.5. The molecule has 2 N–H and O–H groups in total. The van der Waals surface area contributed by atoms with E-state index in [-0.39, 0.29) is 25.1 Å². The van der Waals surface area contributed by atoms with Gasteiger partial charge in [0.1, 0.15) is 19.3 Å². The van der Waals surface area contributed by atoms with E-state index in [0.29, 0.717) is 23.9 Å². The number of carbonyl (C=O) groups excluding carboxylic acids is 2. The van der Waals surface area contributed by atoms with Crippen molar-refractivity contribution in [2.45, 2.75) is 392 Å². The molecule has 0 rings (SSSR count). The van der Waals surface area contributed by atoms with E-state index in [4.69, 9.17) is 13.8 Å². The molecule has 0 radical (unpaired) electrons. The summed E-state index contributed by atoms with van der Waals surface area (Å²) in [4.78, 5) is 37.9. The van der Waals surface area contributed by atoms with Crippen molar-refractivity contribution >= 4 is 19.7 Å². The van der Waals surface area contributed by atoms with Gasteiger partial charge in [0.25, 0.3) is 0 Å². The van der Waals surface area contributed by atoms with Gasteiger partial charge in [-0.3, -0.25) is 18.6 Å². The second-order valence-electron chi connectivity index (χ2n) is 26.8. The predicted octanol–water partition coefficient (Wildman–Crippen LogP) is 23.8. The summed E-state index contributed by atoms with van der Waals surface area (Å²) in [5.74, 6) is -0.487. The number of ether oxygens (including phenoxy) is 1. The lowest BCUT2D eigenvalue weighted by Gasteiger charge is -2.27. The minimum absolute atomic E-state index is 0.0426. The van der Waals surface area contributed by atoms with E-state index >= 15 is 0 Å². The standard InChI is InChI=1S/C75H145N2O7P/c1-7-10-13-16-19-22-25-27-29-31-33-35-36-37-38-39-40-42-44-46-48-50-53-56-59-62-65-68-75(79)84-73(66-63-60-57-54-51-24-21-18-15-12-9-3)72(71-83-85(80,81)82-70-69-77(4,5)6)76-74(78)67-64-61-58-55-52-49-47-45-43-41-34-32-30-28-26-23-20-17-14-11-8-2/h20,23,28,30,63,66,72-73H,7-19,21-22,24-27,29,31-62,64-65,67-71H2,1-6H3,(H-,76,78,80,81)/p+1/b23-20-,30-28-,66-63-. The predicted molar refractivity (Wildman–Crippen MR) is 369 cm³/mol. The smallest absolute Gasteiger partial charge is 0.456 e. The molecule has 0 aromatic carbocycles. The highest BCUT2D eigenvalue weighted by molar-refractivity contribution is 7.47. The molecule has 0 saturated carbocycles. The number of nitrogens with one attached hydrogen (secondary N) is 1. The van der Waals surface area contributed by atoms with E-state index in [2.05, 4.69) is 50.4 Å². The van der Waals surface area contributed by atoms with Gasteiger partial charge in [-0.1, -0.05) is 340 Å².